The third kappa shape index (κ3) is 2.44. The van der Waals surface area contributed by atoms with Crippen LogP contribution in [0.4, 0.5) is 4.39 Å². The number of benzene rings is 1. The predicted octanol–water partition coefficient (Wildman–Crippen LogP) is 2.88. The zero-order chi connectivity index (χ0) is 14.2. The molecule has 1 aromatic heterocycles. The summed E-state index contributed by atoms with van der Waals surface area (Å²) in [7, 11) is 0. The summed E-state index contributed by atoms with van der Waals surface area (Å²) in [6, 6.07) is 4.04. The Hall–Kier alpha value is -1.95. The first-order valence-corrected chi connectivity index (χ1v) is 5.94. The Morgan fingerprint density at radius 1 is 1.47 bits per heavy atom. The third-order valence-electron chi connectivity index (χ3n) is 2.60. The van der Waals surface area contributed by atoms with Crippen LogP contribution in [0.5, 0.6) is 0 Å². The number of aromatic carboxylic acids is 1. The molecule has 0 unspecified atom stereocenters. The second-order valence-corrected chi connectivity index (χ2v) is 4.70. The van der Waals surface area contributed by atoms with Gasteiger partial charge in [-0.3, -0.25) is 0 Å². The van der Waals surface area contributed by atoms with Crippen molar-refractivity contribution in [2.24, 2.45) is 0 Å². The molecule has 0 radical (unpaired) electrons. The molecular formula is C12H11ClFN3O2. The molecule has 0 amide bonds. The zero-order valence-corrected chi connectivity index (χ0v) is 11.0. The number of hydrogen-bond acceptors (Lipinski definition) is 3. The zero-order valence-electron chi connectivity index (χ0n) is 10.3. The minimum Gasteiger partial charge on any atom is -0.476 e. The Morgan fingerprint density at radius 3 is 2.68 bits per heavy atom. The molecule has 1 N–H and O–H groups in total. The molecule has 0 saturated heterocycles. The summed E-state index contributed by atoms with van der Waals surface area (Å²) in [5, 5.41) is 16.5. The van der Waals surface area contributed by atoms with Crippen molar-refractivity contribution in [1.82, 2.24) is 15.0 Å². The van der Waals surface area contributed by atoms with Gasteiger partial charge < -0.3 is 5.11 Å². The molecular weight excluding hydrogens is 273 g/mol. The smallest absolute Gasteiger partial charge is 0.358 e. The lowest BCUT2D eigenvalue weighted by molar-refractivity contribution is 0.0688. The number of carboxylic acid groups (broad SMARTS) is 1. The van der Waals surface area contributed by atoms with E-state index >= 15 is 0 Å². The van der Waals surface area contributed by atoms with Gasteiger partial charge in [0.25, 0.3) is 0 Å². The number of halogens is 2. The molecule has 0 aliphatic carbocycles. The fourth-order valence-corrected chi connectivity index (χ4v) is 1.94. The lowest BCUT2D eigenvalue weighted by Crippen LogP contribution is -2.08. The molecule has 1 heterocycles. The molecule has 0 aliphatic heterocycles. The Bertz CT molecular complexity index is 640. The van der Waals surface area contributed by atoms with Crippen LogP contribution in [0.15, 0.2) is 18.2 Å². The van der Waals surface area contributed by atoms with Crippen LogP contribution < -0.4 is 0 Å². The van der Waals surface area contributed by atoms with Crippen molar-refractivity contribution in [2.45, 2.75) is 19.8 Å². The fourth-order valence-electron chi connectivity index (χ4n) is 1.77. The van der Waals surface area contributed by atoms with E-state index in [-0.39, 0.29) is 16.6 Å². The van der Waals surface area contributed by atoms with Crippen molar-refractivity contribution < 1.29 is 14.3 Å². The van der Waals surface area contributed by atoms with Gasteiger partial charge in [-0.1, -0.05) is 30.7 Å². The Labute approximate surface area is 113 Å². The van der Waals surface area contributed by atoms with E-state index < -0.39 is 11.8 Å². The lowest BCUT2D eigenvalue weighted by atomic mass is 10.1. The predicted molar refractivity (Wildman–Crippen MR) is 67.4 cm³/mol. The minimum absolute atomic E-state index is 0.0559. The summed E-state index contributed by atoms with van der Waals surface area (Å²) >= 11 is 5.71. The molecule has 0 saturated carbocycles. The van der Waals surface area contributed by atoms with Crippen molar-refractivity contribution in [3.8, 4) is 5.69 Å². The normalized spacial score (nSPS) is 11.0. The van der Waals surface area contributed by atoms with Crippen LogP contribution in [0.25, 0.3) is 5.69 Å². The van der Waals surface area contributed by atoms with E-state index in [4.69, 9.17) is 16.7 Å². The van der Waals surface area contributed by atoms with Crippen LogP contribution in [0.3, 0.4) is 0 Å². The summed E-state index contributed by atoms with van der Waals surface area (Å²) in [4.78, 5) is 11.1. The molecule has 7 heteroatoms. The average Bonchev–Trinajstić information content (AvgIpc) is 2.77. The highest BCUT2D eigenvalue weighted by molar-refractivity contribution is 6.30. The average molecular weight is 284 g/mol. The largest absolute Gasteiger partial charge is 0.476 e. The Morgan fingerprint density at radius 2 is 2.16 bits per heavy atom. The second kappa shape index (κ2) is 4.97. The van der Waals surface area contributed by atoms with Gasteiger partial charge in [0.05, 0.1) is 16.4 Å². The molecule has 2 aromatic rings. The van der Waals surface area contributed by atoms with Crippen LogP contribution in [0, 0.1) is 5.82 Å². The molecule has 5 nitrogen and oxygen atoms in total. The quantitative estimate of drug-likeness (QED) is 0.940. The summed E-state index contributed by atoms with van der Waals surface area (Å²) in [5.74, 6) is -1.80. The first-order valence-electron chi connectivity index (χ1n) is 5.56. The van der Waals surface area contributed by atoms with E-state index in [1.54, 1.807) is 0 Å². The van der Waals surface area contributed by atoms with E-state index in [9.17, 15) is 9.18 Å². The standard InChI is InChI=1S/C12H11ClFN3O2/c1-6(2)11-10(12(18)19)15-16-17(11)7-3-4-9(14)8(13)5-7/h3-6H,1-2H3,(H,18,19). The summed E-state index contributed by atoms with van der Waals surface area (Å²) in [5.41, 5.74) is 0.792. The summed E-state index contributed by atoms with van der Waals surface area (Å²) in [6.07, 6.45) is 0. The number of hydrogen-bond donors (Lipinski definition) is 1. The first-order chi connectivity index (χ1) is 8.91. The number of aromatic nitrogens is 3. The molecule has 0 atom stereocenters. The maximum Gasteiger partial charge on any atom is 0.358 e. The fraction of sp³-hybridized carbons (Fsp3) is 0.250. The van der Waals surface area contributed by atoms with Crippen LogP contribution in [0.1, 0.15) is 35.9 Å². The van der Waals surface area contributed by atoms with Gasteiger partial charge in [0.1, 0.15) is 5.82 Å². The maximum absolute atomic E-state index is 13.1. The van der Waals surface area contributed by atoms with Crippen LogP contribution in [0.2, 0.25) is 5.02 Å². The third-order valence-corrected chi connectivity index (χ3v) is 2.89. The van der Waals surface area contributed by atoms with Crippen molar-refractivity contribution in [3.05, 3.63) is 40.4 Å². The van der Waals surface area contributed by atoms with E-state index in [2.05, 4.69) is 10.3 Å². The topological polar surface area (TPSA) is 68.0 Å². The van der Waals surface area contributed by atoms with E-state index in [0.29, 0.717) is 11.4 Å². The number of rotatable bonds is 3. The van der Waals surface area contributed by atoms with Gasteiger partial charge in [-0.25, -0.2) is 13.9 Å². The van der Waals surface area contributed by atoms with Crippen LogP contribution in [-0.4, -0.2) is 26.1 Å². The highest BCUT2D eigenvalue weighted by atomic mass is 35.5. The Balaban J connectivity index is 2.62. The highest BCUT2D eigenvalue weighted by Crippen LogP contribution is 2.24. The summed E-state index contributed by atoms with van der Waals surface area (Å²) < 4.78 is 14.5. The molecule has 0 bridgehead atoms. The van der Waals surface area contributed by atoms with Crippen molar-refractivity contribution >= 4 is 17.6 Å². The van der Waals surface area contributed by atoms with Crippen molar-refractivity contribution in [3.63, 3.8) is 0 Å². The molecule has 19 heavy (non-hydrogen) atoms. The number of carbonyl (C=O) groups is 1. The van der Waals surface area contributed by atoms with Gasteiger partial charge in [-0.05, 0) is 24.1 Å². The lowest BCUT2D eigenvalue weighted by Gasteiger charge is -2.10. The van der Waals surface area contributed by atoms with Gasteiger partial charge in [-0.2, -0.15) is 0 Å². The van der Waals surface area contributed by atoms with Crippen LogP contribution >= 0.6 is 11.6 Å². The molecule has 0 fully saturated rings. The minimum atomic E-state index is -1.15. The maximum atomic E-state index is 13.1. The van der Waals surface area contributed by atoms with E-state index in [1.165, 1.54) is 22.9 Å². The van der Waals surface area contributed by atoms with E-state index in [0.717, 1.165) is 0 Å². The van der Waals surface area contributed by atoms with Gasteiger partial charge in [-0.15, -0.1) is 5.10 Å². The van der Waals surface area contributed by atoms with Gasteiger partial charge >= 0.3 is 5.97 Å². The van der Waals surface area contributed by atoms with Crippen LogP contribution in [-0.2, 0) is 0 Å². The molecule has 100 valence electrons. The van der Waals surface area contributed by atoms with Crippen molar-refractivity contribution in [2.75, 3.05) is 0 Å². The number of carboxylic acids is 1. The first kappa shape index (κ1) is 13.5. The highest BCUT2D eigenvalue weighted by Gasteiger charge is 2.22. The van der Waals surface area contributed by atoms with Crippen molar-refractivity contribution in [1.29, 1.82) is 0 Å². The SMILES string of the molecule is CC(C)c1c(C(=O)O)nnn1-c1ccc(F)c(Cl)c1. The molecule has 0 spiro atoms. The number of nitrogens with zero attached hydrogens (tertiary/aromatic N) is 3. The second-order valence-electron chi connectivity index (χ2n) is 4.29. The van der Waals surface area contributed by atoms with Gasteiger partial charge in [0, 0.05) is 0 Å². The van der Waals surface area contributed by atoms with E-state index in [1.807, 2.05) is 13.8 Å². The molecule has 0 aliphatic rings. The van der Waals surface area contributed by atoms with Gasteiger partial charge in [0.15, 0.2) is 5.69 Å². The monoisotopic (exact) mass is 283 g/mol. The Kier molecular flexibility index (Phi) is 3.53. The molecule has 1 aromatic carbocycles. The molecule has 2 rings (SSSR count). The van der Waals surface area contributed by atoms with Gasteiger partial charge in [0.2, 0.25) is 0 Å². The summed E-state index contributed by atoms with van der Waals surface area (Å²) in [6.45, 7) is 3.65.